The Bertz CT molecular complexity index is 1350. The highest BCUT2D eigenvalue weighted by Gasteiger charge is 2.59. The highest BCUT2D eigenvalue weighted by atomic mass is 32.2. The molecule has 0 aliphatic heterocycles. The fourth-order valence-electron chi connectivity index (χ4n) is 6.82. The van der Waals surface area contributed by atoms with Crippen molar-refractivity contribution < 1.29 is 29.0 Å². The van der Waals surface area contributed by atoms with Gasteiger partial charge >= 0.3 is 5.97 Å². The first-order valence-electron chi connectivity index (χ1n) is 12.9. The third kappa shape index (κ3) is 4.19. The fraction of sp³-hybridized carbons (Fsp3) is 0.323. The number of rotatable bonds is 7. The number of Topliss-reactive ketones (excluding diaryl/α,β-unsaturated/α-hetero) is 1. The predicted molar refractivity (Wildman–Crippen MR) is 139 cm³/mol. The van der Waals surface area contributed by atoms with Crippen LogP contribution in [0.1, 0.15) is 42.5 Å². The molecule has 0 saturated heterocycles. The number of aromatic carboxylic acids is 1. The maximum absolute atomic E-state index is 13.8. The summed E-state index contributed by atoms with van der Waals surface area (Å²) in [6.07, 6.45) is 3.53. The molecule has 194 valence electrons. The Morgan fingerprint density at radius 3 is 1.97 bits per heavy atom. The number of ketones is 1. The zero-order chi connectivity index (χ0) is 26.4. The van der Waals surface area contributed by atoms with Gasteiger partial charge in [-0.15, -0.1) is 0 Å². The number of ether oxygens (including phenoxy) is 2. The van der Waals surface area contributed by atoms with Crippen LogP contribution in [0.5, 0.6) is 11.5 Å². The van der Waals surface area contributed by atoms with Gasteiger partial charge < -0.3 is 19.4 Å². The number of carbonyl (C=O) groups excluding carboxylic acids is 3. The maximum atomic E-state index is 13.8. The van der Waals surface area contributed by atoms with Gasteiger partial charge in [0, 0.05) is 17.9 Å². The Hall–Kier alpha value is -3.58. The van der Waals surface area contributed by atoms with Gasteiger partial charge in [-0.25, -0.2) is 0 Å². The molecule has 3 aromatic carbocycles. The van der Waals surface area contributed by atoms with E-state index in [2.05, 4.69) is 0 Å². The summed E-state index contributed by atoms with van der Waals surface area (Å²) >= 11 is 0. The van der Waals surface area contributed by atoms with Crippen LogP contribution in [-0.4, -0.2) is 24.8 Å². The maximum Gasteiger partial charge on any atom is 0.317 e. The molecule has 0 aromatic heterocycles. The van der Waals surface area contributed by atoms with Crippen LogP contribution in [0.4, 0.5) is 0 Å². The third-order valence-corrected chi connectivity index (χ3v) is 10.6. The van der Waals surface area contributed by atoms with E-state index in [0.717, 1.165) is 29.1 Å². The van der Waals surface area contributed by atoms with Crippen LogP contribution in [-0.2, 0) is 20.5 Å². The van der Waals surface area contributed by atoms with Gasteiger partial charge in [0.1, 0.15) is 16.7 Å². The molecule has 6 nitrogen and oxygen atoms in total. The van der Waals surface area contributed by atoms with Crippen LogP contribution in [0.25, 0.3) is 0 Å². The van der Waals surface area contributed by atoms with Crippen LogP contribution in [0.15, 0.2) is 87.5 Å². The Morgan fingerprint density at radius 2 is 1.45 bits per heavy atom. The average Bonchev–Trinajstić information content (AvgIpc) is 2.92. The second-order valence-electron chi connectivity index (χ2n) is 10.6. The second kappa shape index (κ2) is 9.62. The van der Waals surface area contributed by atoms with Crippen molar-refractivity contribution in [2.45, 2.75) is 46.8 Å². The standard InChI is InChI=1S/C31H28O6S/c1-36-25-14-24(29(33)34)27(38(22-8-4-2-5-9-22)23-10-6-3-7-11-23)15-26(25)37-30(35)31-16-19-12-20(17-31)28(32)21(13-19)18-31/h2-11,14-15,19-21H,12-13,16-18H2,1H3. The van der Waals surface area contributed by atoms with Gasteiger partial charge in [-0.3, -0.25) is 9.59 Å². The summed E-state index contributed by atoms with van der Waals surface area (Å²) in [7, 11) is 0.610. The van der Waals surface area contributed by atoms with E-state index < -0.39 is 22.3 Å². The number of carboxylic acid groups (broad SMARTS) is 1. The van der Waals surface area contributed by atoms with E-state index in [9.17, 15) is 19.5 Å². The summed E-state index contributed by atoms with van der Waals surface area (Å²) in [5.74, 6) is -0.789. The molecule has 0 N–H and O–H groups in total. The number of carbonyl (C=O) groups is 3. The van der Waals surface area contributed by atoms with Crippen molar-refractivity contribution in [3.05, 3.63) is 78.4 Å². The molecular weight excluding hydrogens is 500 g/mol. The zero-order valence-corrected chi connectivity index (χ0v) is 21.9. The van der Waals surface area contributed by atoms with Crippen molar-refractivity contribution in [3.8, 4) is 11.5 Å². The minimum atomic E-state index is -1.33. The Morgan fingerprint density at radius 1 is 0.868 bits per heavy atom. The number of carboxylic acids is 1. The summed E-state index contributed by atoms with van der Waals surface area (Å²) < 4.78 is 11.6. The van der Waals surface area contributed by atoms with E-state index in [1.807, 2.05) is 60.7 Å². The molecule has 4 aliphatic carbocycles. The van der Waals surface area contributed by atoms with Gasteiger partial charge in [0.2, 0.25) is 0 Å². The lowest BCUT2D eigenvalue weighted by atomic mass is 9.49. The number of hydrogen-bond acceptors (Lipinski definition) is 6. The van der Waals surface area contributed by atoms with E-state index in [-0.39, 0.29) is 34.9 Å². The Labute approximate surface area is 224 Å². The van der Waals surface area contributed by atoms with Crippen molar-refractivity contribution in [1.29, 1.82) is 0 Å². The molecule has 7 heteroatoms. The van der Waals surface area contributed by atoms with Crippen molar-refractivity contribution in [2.24, 2.45) is 23.2 Å². The van der Waals surface area contributed by atoms with Crippen LogP contribution < -0.4 is 14.6 Å². The van der Waals surface area contributed by atoms with Crippen molar-refractivity contribution in [2.75, 3.05) is 7.11 Å². The minimum Gasteiger partial charge on any atom is -0.545 e. The molecule has 2 unspecified atom stereocenters. The van der Waals surface area contributed by atoms with E-state index in [0.29, 0.717) is 29.4 Å². The van der Waals surface area contributed by atoms with Crippen molar-refractivity contribution in [3.63, 3.8) is 0 Å². The van der Waals surface area contributed by atoms with Gasteiger partial charge in [0.25, 0.3) is 0 Å². The molecule has 0 amide bonds. The lowest BCUT2D eigenvalue weighted by Gasteiger charge is -2.53. The summed E-state index contributed by atoms with van der Waals surface area (Å²) in [6, 6.07) is 22.3. The molecule has 7 rings (SSSR count). The van der Waals surface area contributed by atoms with Crippen molar-refractivity contribution in [1.82, 2.24) is 0 Å². The Kier molecular flexibility index (Phi) is 6.26. The van der Waals surface area contributed by atoms with Gasteiger partial charge in [-0.1, -0.05) is 36.4 Å². The lowest BCUT2D eigenvalue weighted by molar-refractivity contribution is -0.255. The SMILES string of the molecule is COc1cc(C(=O)[O-])c([S+](c2ccccc2)c2ccccc2)cc1OC(=O)C12CC3CC(C1)C(=O)C(C3)C2. The summed E-state index contributed by atoms with van der Waals surface area (Å²) in [4.78, 5) is 41.1. The van der Waals surface area contributed by atoms with Crippen LogP contribution in [0.3, 0.4) is 0 Å². The molecule has 4 bridgehead atoms. The van der Waals surface area contributed by atoms with Crippen molar-refractivity contribution >= 4 is 28.6 Å². The van der Waals surface area contributed by atoms with Gasteiger partial charge in [0.15, 0.2) is 26.2 Å². The van der Waals surface area contributed by atoms with E-state index >= 15 is 0 Å². The molecule has 0 heterocycles. The summed E-state index contributed by atoms with van der Waals surface area (Å²) in [6.45, 7) is 0. The molecule has 2 atom stereocenters. The minimum absolute atomic E-state index is 0.0157. The van der Waals surface area contributed by atoms with Gasteiger partial charge in [-0.05, 0) is 68.4 Å². The predicted octanol–water partition coefficient (Wildman–Crippen LogP) is 4.45. The van der Waals surface area contributed by atoms with E-state index in [1.165, 1.54) is 13.2 Å². The van der Waals surface area contributed by atoms with Crippen LogP contribution in [0, 0.1) is 23.2 Å². The average molecular weight is 529 g/mol. The van der Waals surface area contributed by atoms with E-state index in [4.69, 9.17) is 9.47 Å². The smallest absolute Gasteiger partial charge is 0.317 e. The molecule has 3 aromatic rings. The van der Waals surface area contributed by atoms with E-state index in [1.54, 1.807) is 6.07 Å². The lowest BCUT2D eigenvalue weighted by Crippen LogP contribution is -2.55. The van der Waals surface area contributed by atoms with Gasteiger partial charge in [-0.2, -0.15) is 0 Å². The van der Waals surface area contributed by atoms with Crippen LogP contribution in [0.2, 0.25) is 0 Å². The summed E-state index contributed by atoms with van der Waals surface area (Å²) in [5.41, 5.74) is -0.693. The highest BCUT2D eigenvalue weighted by Crippen LogP contribution is 2.59. The zero-order valence-electron chi connectivity index (χ0n) is 21.1. The van der Waals surface area contributed by atoms with Crippen LogP contribution >= 0.6 is 0 Å². The molecule has 0 spiro atoms. The first kappa shape index (κ1) is 24.7. The molecule has 38 heavy (non-hydrogen) atoms. The monoisotopic (exact) mass is 528 g/mol. The third-order valence-electron chi connectivity index (χ3n) is 8.29. The first-order valence-corrected chi connectivity index (χ1v) is 14.1. The second-order valence-corrected chi connectivity index (χ2v) is 12.6. The number of esters is 1. The highest BCUT2D eigenvalue weighted by molar-refractivity contribution is 7.97. The fourth-order valence-corrected chi connectivity index (χ4v) is 9.04. The number of methoxy groups -OCH3 is 1. The molecule has 4 fully saturated rings. The Balaban J connectivity index is 1.43. The topological polar surface area (TPSA) is 92.7 Å². The number of benzene rings is 3. The largest absolute Gasteiger partial charge is 0.545 e. The first-order chi connectivity index (χ1) is 18.4. The molecule has 0 radical (unpaired) electrons. The number of hydrogen-bond donors (Lipinski definition) is 0. The van der Waals surface area contributed by atoms with Gasteiger partial charge in [0.05, 0.1) is 24.1 Å². The molecule has 4 saturated carbocycles. The molecular formula is C31H28O6S. The normalized spacial score (nSPS) is 25.4. The quantitative estimate of drug-likeness (QED) is 0.256. The molecule has 4 aliphatic rings. The summed E-state index contributed by atoms with van der Waals surface area (Å²) in [5, 5.41) is 12.3.